The predicted molar refractivity (Wildman–Crippen MR) is 80.2 cm³/mol. The van der Waals surface area contributed by atoms with Gasteiger partial charge >= 0.3 is 0 Å². The largest absolute Gasteiger partial charge is 0.305 e. The maximum absolute atomic E-state index is 14.2. The fraction of sp³-hybridized carbons (Fsp3) is 0. The molecule has 0 saturated carbocycles. The van der Waals surface area contributed by atoms with Gasteiger partial charge in [0.25, 0.3) is 6.71 Å². The lowest BCUT2D eigenvalue weighted by Gasteiger charge is -2.07. The molecule has 1 aliphatic rings. The van der Waals surface area contributed by atoms with Gasteiger partial charge in [-0.25, -0.2) is 4.39 Å². The minimum absolute atomic E-state index is 0.144. The van der Waals surface area contributed by atoms with Gasteiger partial charge < -0.3 is 4.79 Å². The molecule has 0 aliphatic carbocycles. The molecular weight excluding hydrogens is 250 g/mol. The quantitative estimate of drug-likeness (QED) is 0.766. The Hall–Kier alpha value is -2.42. The minimum Gasteiger partial charge on any atom is -0.305 e. The van der Waals surface area contributed by atoms with Gasteiger partial charge in [0.05, 0.1) is 0 Å². The first-order valence-corrected chi connectivity index (χ1v) is 6.50. The second-order valence-corrected chi connectivity index (χ2v) is 4.72. The third kappa shape index (κ3) is 2.35. The summed E-state index contributed by atoms with van der Waals surface area (Å²) in [6, 6.07) is 14.3. The van der Waals surface area contributed by atoms with Crippen LogP contribution < -0.4 is 0 Å². The molecule has 0 saturated heterocycles. The van der Waals surface area contributed by atoms with Crippen molar-refractivity contribution in [1.82, 2.24) is 0 Å². The number of carbonyl (C=O) groups is 1. The molecule has 3 rings (SSSR count). The fourth-order valence-corrected chi connectivity index (χ4v) is 2.31. The zero-order chi connectivity index (χ0) is 13.9. The van der Waals surface area contributed by atoms with E-state index in [1.54, 1.807) is 36.2 Å². The highest BCUT2D eigenvalue weighted by atomic mass is 19.1. The van der Waals surface area contributed by atoms with E-state index in [0.717, 1.165) is 11.1 Å². The summed E-state index contributed by atoms with van der Waals surface area (Å²) in [5, 5.41) is 0. The van der Waals surface area contributed by atoms with Crippen molar-refractivity contribution in [3.63, 3.8) is 0 Å². The van der Waals surface area contributed by atoms with Gasteiger partial charge in [-0.1, -0.05) is 48.6 Å². The van der Waals surface area contributed by atoms with Crippen molar-refractivity contribution in [2.75, 3.05) is 0 Å². The molecule has 1 aliphatic heterocycles. The zero-order valence-electron chi connectivity index (χ0n) is 10.8. The van der Waals surface area contributed by atoms with Crippen LogP contribution in [0.15, 0.2) is 72.6 Å². The molecule has 3 heteroatoms. The van der Waals surface area contributed by atoms with Crippen molar-refractivity contribution in [1.29, 1.82) is 0 Å². The Balaban J connectivity index is 1.94. The van der Waals surface area contributed by atoms with E-state index in [0.29, 0.717) is 0 Å². The summed E-state index contributed by atoms with van der Waals surface area (Å²) in [4.78, 5) is 12.2. The molecule has 2 aromatic carbocycles. The van der Waals surface area contributed by atoms with Crippen molar-refractivity contribution < 1.29 is 9.18 Å². The molecule has 1 nitrogen and oxygen atoms in total. The standard InChI is InChI=1S/C17H12BFO/c19-16-12-14(13-6-2-1-3-7-13)8-9-15(16)17(20)18-10-4-5-11-18/h1-12H. The summed E-state index contributed by atoms with van der Waals surface area (Å²) < 4.78 is 14.2. The number of hydrogen-bond acceptors (Lipinski definition) is 1. The number of benzene rings is 2. The lowest BCUT2D eigenvalue weighted by molar-refractivity contribution is 0.107. The van der Waals surface area contributed by atoms with Gasteiger partial charge in [-0.2, -0.15) is 0 Å². The van der Waals surface area contributed by atoms with Gasteiger partial charge in [0.2, 0.25) is 0 Å². The Labute approximate surface area is 117 Å². The number of rotatable bonds is 3. The van der Waals surface area contributed by atoms with Crippen LogP contribution in [0.1, 0.15) is 10.4 Å². The van der Waals surface area contributed by atoms with Crippen molar-refractivity contribution >= 4 is 12.4 Å². The second kappa shape index (κ2) is 5.29. The monoisotopic (exact) mass is 262 g/mol. The van der Waals surface area contributed by atoms with Crippen LogP contribution in [0.25, 0.3) is 11.1 Å². The molecule has 0 fully saturated rings. The number of halogens is 1. The van der Waals surface area contributed by atoms with E-state index in [9.17, 15) is 9.18 Å². The maximum Gasteiger partial charge on any atom is 0.280 e. The van der Waals surface area contributed by atoms with Crippen LogP contribution in [0.5, 0.6) is 0 Å². The summed E-state index contributed by atoms with van der Waals surface area (Å²) in [5.41, 5.74) is 1.65. The summed E-state index contributed by atoms with van der Waals surface area (Å²) in [5.74, 6) is 3.07. The molecule has 0 unspecified atom stereocenters. The number of hydrogen-bond donors (Lipinski definition) is 0. The fourth-order valence-electron chi connectivity index (χ4n) is 2.31. The van der Waals surface area contributed by atoms with Crippen molar-refractivity contribution in [3.05, 3.63) is 84.0 Å². The van der Waals surface area contributed by atoms with Gasteiger partial charge in [-0.15, -0.1) is 12.0 Å². The minimum atomic E-state index is -0.468. The number of allylic oxidation sites excluding steroid dienone is 2. The highest BCUT2D eigenvalue weighted by Crippen LogP contribution is 2.22. The first kappa shape index (κ1) is 12.6. The molecule has 20 heavy (non-hydrogen) atoms. The van der Waals surface area contributed by atoms with Crippen molar-refractivity contribution in [3.8, 4) is 11.1 Å². The van der Waals surface area contributed by atoms with E-state index in [1.807, 2.05) is 30.3 Å². The lowest BCUT2D eigenvalue weighted by atomic mass is 9.47. The summed E-state index contributed by atoms with van der Waals surface area (Å²) in [7, 11) is 0. The maximum atomic E-state index is 14.2. The second-order valence-electron chi connectivity index (χ2n) is 4.72. The number of carbonyl (C=O) groups excluding carboxylic acids is 1. The van der Waals surface area contributed by atoms with Gasteiger partial charge in [-0.3, -0.25) is 0 Å². The lowest BCUT2D eigenvalue weighted by Crippen LogP contribution is -2.21. The molecule has 0 radical (unpaired) electrons. The van der Waals surface area contributed by atoms with E-state index >= 15 is 0 Å². The predicted octanol–water partition coefficient (Wildman–Crippen LogP) is 3.91. The van der Waals surface area contributed by atoms with Crippen LogP contribution in [0.2, 0.25) is 0 Å². The zero-order valence-corrected chi connectivity index (χ0v) is 10.8. The van der Waals surface area contributed by atoms with Gasteiger partial charge in [-0.05, 0) is 23.3 Å². The van der Waals surface area contributed by atoms with Crippen molar-refractivity contribution in [2.45, 2.75) is 0 Å². The Bertz CT molecular complexity index is 692. The first-order valence-electron chi connectivity index (χ1n) is 6.50. The van der Waals surface area contributed by atoms with Crippen LogP contribution in [0.4, 0.5) is 4.39 Å². The average molecular weight is 262 g/mol. The average Bonchev–Trinajstić information content (AvgIpc) is 3.01. The molecule has 0 spiro atoms. The van der Waals surface area contributed by atoms with E-state index in [2.05, 4.69) is 0 Å². The third-order valence-electron chi connectivity index (χ3n) is 3.39. The molecule has 0 amide bonds. The summed E-state index contributed by atoms with van der Waals surface area (Å²) >= 11 is 0. The smallest absolute Gasteiger partial charge is 0.280 e. The highest BCUT2D eigenvalue weighted by Gasteiger charge is 2.23. The van der Waals surface area contributed by atoms with E-state index < -0.39 is 5.82 Å². The molecule has 0 aromatic heterocycles. The SMILES string of the molecule is O=C(B1C=CC=C1)c1ccc(-c2ccccc2)cc1F. The van der Waals surface area contributed by atoms with Crippen LogP contribution in [0.3, 0.4) is 0 Å². The Morgan fingerprint density at radius 3 is 2.25 bits per heavy atom. The molecule has 0 atom stereocenters. The van der Waals surface area contributed by atoms with Crippen LogP contribution in [-0.2, 0) is 0 Å². The molecular formula is C17H12BFO. The van der Waals surface area contributed by atoms with Gasteiger partial charge in [0.15, 0.2) is 0 Å². The third-order valence-corrected chi connectivity index (χ3v) is 3.39. The Morgan fingerprint density at radius 2 is 1.60 bits per heavy atom. The normalized spacial score (nSPS) is 12.9. The van der Waals surface area contributed by atoms with E-state index in [4.69, 9.17) is 0 Å². The van der Waals surface area contributed by atoms with Crippen LogP contribution in [0, 0.1) is 5.82 Å². The molecule has 96 valence electrons. The summed E-state index contributed by atoms with van der Waals surface area (Å²) in [6.07, 6.45) is 3.61. The van der Waals surface area contributed by atoms with Crippen LogP contribution in [-0.4, -0.2) is 12.4 Å². The van der Waals surface area contributed by atoms with E-state index in [-0.39, 0.29) is 18.0 Å². The topological polar surface area (TPSA) is 17.1 Å². The highest BCUT2D eigenvalue weighted by molar-refractivity contribution is 7.00. The Morgan fingerprint density at radius 1 is 0.900 bits per heavy atom. The van der Waals surface area contributed by atoms with Gasteiger partial charge in [0, 0.05) is 5.56 Å². The molecule has 0 bridgehead atoms. The molecule has 0 N–H and O–H groups in total. The molecule has 2 aromatic rings. The van der Waals surface area contributed by atoms with Crippen molar-refractivity contribution in [2.24, 2.45) is 0 Å². The Kier molecular flexibility index (Phi) is 3.34. The van der Waals surface area contributed by atoms with Gasteiger partial charge in [0.1, 0.15) is 11.5 Å². The molecule has 1 heterocycles. The van der Waals surface area contributed by atoms with Crippen LogP contribution >= 0.6 is 0 Å². The summed E-state index contributed by atoms with van der Waals surface area (Å²) in [6.45, 7) is -0.341. The first-order chi connectivity index (χ1) is 9.75. The van der Waals surface area contributed by atoms with E-state index in [1.165, 1.54) is 6.07 Å².